The smallest absolute Gasteiger partial charge is 0.194 e. The predicted octanol–water partition coefficient (Wildman–Crippen LogP) is 15.9. The molecule has 7 aromatic carbocycles. The zero-order valence-corrected chi connectivity index (χ0v) is 44.2. The minimum Gasteiger partial charge on any atom is -0.380 e. The second-order valence-electron chi connectivity index (χ2n) is 21.5. The summed E-state index contributed by atoms with van der Waals surface area (Å²) in [5, 5.41) is 29.5. The Morgan fingerprint density at radius 2 is 0.723 bits per heavy atom. The van der Waals surface area contributed by atoms with Crippen LogP contribution in [0, 0.1) is 10.8 Å². The van der Waals surface area contributed by atoms with E-state index in [0.717, 1.165) is 35.7 Å². The number of hydrogen-bond acceptors (Lipinski definition) is 4. The number of carbonyl (C=O) groups excluding carboxylic acids is 2. The van der Waals surface area contributed by atoms with Gasteiger partial charge in [0, 0.05) is 35.7 Å². The van der Waals surface area contributed by atoms with E-state index in [9.17, 15) is 19.8 Å². The average Bonchev–Trinajstić information content (AvgIpc) is 3.22. The number of benzene rings is 7. The van der Waals surface area contributed by atoms with Crippen LogP contribution in [0.15, 0.2) is 141 Å². The molecule has 2 atom stereocenters. The van der Waals surface area contributed by atoms with Gasteiger partial charge in [0.25, 0.3) is 0 Å². The number of aliphatic hydroxyl groups is 2. The molecule has 2 aliphatic rings. The molecule has 0 amide bonds. The van der Waals surface area contributed by atoms with E-state index >= 15 is 0 Å². The molecule has 7 heteroatoms. The van der Waals surface area contributed by atoms with Crippen LogP contribution >= 0.6 is 47.8 Å². The first-order chi connectivity index (χ1) is 30.1. The van der Waals surface area contributed by atoms with E-state index in [4.69, 9.17) is 0 Å². The molecular weight excluding hydrogens is 1000 g/mol. The van der Waals surface area contributed by atoms with Crippen molar-refractivity contribution >= 4 is 80.9 Å². The Balaban J connectivity index is 0.000000148. The van der Waals surface area contributed by atoms with Crippen LogP contribution in [0.5, 0.6) is 0 Å². The van der Waals surface area contributed by atoms with Gasteiger partial charge < -0.3 is 10.2 Å². The third-order valence-corrected chi connectivity index (χ3v) is 14.5. The summed E-state index contributed by atoms with van der Waals surface area (Å²) in [4.78, 5) is 24.4. The molecule has 2 aliphatic carbocycles. The van der Waals surface area contributed by atoms with Gasteiger partial charge in [-0.3, -0.25) is 9.59 Å². The number of rotatable bonds is 0. The van der Waals surface area contributed by atoms with Crippen molar-refractivity contribution in [2.24, 2.45) is 10.8 Å². The molecule has 0 bridgehead atoms. The molecule has 0 saturated carbocycles. The zero-order valence-electron chi connectivity index (χ0n) is 39.5. The SMILES string of the molecule is CC(C)(C)C1(O)c2ccccc2C(O)(C(C)(C)C)c2cc(Br)ccc21.CC(C)(C)c1c2ccccc2c(C(C)(C)C)c2cc(Br)ccc12.O=C1c2ccccc2C(=O)c2cc(Br)ccc21. The second-order valence-corrected chi connectivity index (χ2v) is 24.3. The lowest BCUT2D eigenvalue weighted by molar-refractivity contribution is -0.0703. The molecule has 0 spiro atoms. The maximum atomic E-state index is 12.2. The molecule has 2 N–H and O–H groups in total. The van der Waals surface area contributed by atoms with Crippen LogP contribution in [0.3, 0.4) is 0 Å². The van der Waals surface area contributed by atoms with E-state index < -0.39 is 22.0 Å². The van der Waals surface area contributed by atoms with Crippen LogP contribution in [-0.2, 0) is 22.0 Å². The maximum Gasteiger partial charge on any atom is 0.194 e. The van der Waals surface area contributed by atoms with E-state index in [1.54, 1.807) is 42.5 Å². The molecule has 0 aliphatic heterocycles. The van der Waals surface area contributed by atoms with E-state index in [1.165, 1.54) is 32.7 Å². The molecule has 0 saturated heterocycles. The van der Waals surface area contributed by atoms with Gasteiger partial charge >= 0.3 is 0 Å². The van der Waals surface area contributed by atoms with Gasteiger partial charge in [0.2, 0.25) is 0 Å². The third-order valence-electron chi connectivity index (χ3n) is 13.0. The summed E-state index contributed by atoms with van der Waals surface area (Å²) in [7, 11) is 0. The number of carbonyl (C=O) groups is 2. The first-order valence-corrected chi connectivity index (χ1v) is 24.5. The molecule has 7 aromatic rings. The van der Waals surface area contributed by atoms with Crippen molar-refractivity contribution < 1.29 is 19.8 Å². The molecule has 0 radical (unpaired) electrons. The Kier molecular flexibility index (Phi) is 12.8. The van der Waals surface area contributed by atoms with Crippen molar-refractivity contribution in [2.75, 3.05) is 0 Å². The Bertz CT molecular complexity index is 3030. The largest absolute Gasteiger partial charge is 0.380 e. The summed E-state index contributed by atoms with van der Waals surface area (Å²) >= 11 is 10.5. The highest BCUT2D eigenvalue weighted by atomic mass is 79.9. The van der Waals surface area contributed by atoms with Crippen LogP contribution in [-0.4, -0.2) is 21.8 Å². The van der Waals surface area contributed by atoms with E-state index in [0.29, 0.717) is 22.3 Å². The van der Waals surface area contributed by atoms with Crippen molar-refractivity contribution in [1.82, 2.24) is 0 Å². The Labute approximate surface area is 410 Å². The summed E-state index contributed by atoms with van der Waals surface area (Å²) in [5.74, 6) is -0.167. The van der Waals surface area contributed by atoms with Crippen molar-refractivity contribution in [3.63, 3.8) is 0 Å². The minimum absolute atomic E-state index is 0.0808. The number of hydrogen-bond donors (Lipinski definition) is 2. The summed E-state index contributed by atoms with van der Waals surface area (Å²) in [6, 6.07) is 41.3. The zero-order chi connectivity index (χ0) is 47.8. The molecule has 0 fully saturated rings. The fourth-order valence-electron chi connectivity index (χ4n) is 9.99. The van der Waals surface area contributed by atoms with Crippen molar-refractivity contribution in [3.05, 3.63) is 196 Å². The van der Waals surface area contributed by atoms with Gasteiger partial charge in [-0.15, -0.1) is 0 Å². The lowest BCUT2D eigenvalue weighted by atomic mass is 9.55. The topological polar surface area (TPSA) is 74.6 Å². The van der Waals surface area contributed by atoms with Crippen LogP contribution in [0.25, 0.3) is 21.5 Å². The van der Waals surface area contributed by atoms with Gasteiger partial charge in [0.1, 0.15) is 11.2 Å². The first kappa shape index (κ1) is 48.7. The highest BCUT2D eigenvalue weighted by Crippen LogP contribution is 2.59. The minimum atomic E-state index is -1.19. The van der Waals surface area contributed by atoms with Gasteiger partial charge in [0.15, 0.2) is 11.6 Å². The lowest BCUT2D eigenvalue weighted by Crippen LogP contribution is -2.53. The molecule has 4 nitrogen and oxygen atoms in total. The summed E-state index contributed by atoms with van der Waals surface area (Å²) < 4.78 is 2.84. The number of halogens is 3. The fourth-order valence-corrected chi connectivity index (χ4v) is 11.1. The molecule has 336 valence electrons. The number of ketones is 2. The summed E-state index contributed by atoms with van der Waals surface area (Å²) in [6.45, 7) is 26.1. The normalized spacial score (nSPS) is 18.1. The standard InChI is InChI=1S/C22H27BrO2.C22H25Br.C14H7BrO2/c1-19(2,3)21(24)15-9-7-8-10-16(15)22(25,20(4,5)6)18-13-14(23)11-12-17(18)21;1-21(2,3)19-15-9-7-8-10-16(15)20(22(4,5)6)18-13-14(23)11-12-17(18)19;15-8-5-6-11-12(7-8)14(17)10-4-2-1-3-9(10)13(11)16/h7-13,24-25H,1-6H3;7-13H,1-6H3;1-7H. The molecule has 9 rings (SSSR count). The second kappa shape index (κ2) is 17.1. The Morgan fingerprint density at radius 3 is 1.23 bits per heavy atom. The number of fused-ring (bicyclic) bond motifs is 6. The molecule has 0 heterocycles. The highest BCUT2D eigenvalue weighted by Gasteiger charge is 2.57. The molecule has 0 aromatic heterocycles. The third kappa shape index (κ3) is 8.43. The van der Waals surface area contributed by atoms with Gasteiger partial charge in [0.05, 0.1) is 0 Å². The quantitative estimate of drug-likeness (QED) is 0.148. The summed E-state index contributed by atoms with van der Waals surface area (Å²) in [5.41, 5.74) is 4.87. The highest BCUT2D eigenvalue weighted by molar-refractivity contribution is 9.11. The Hall–Kier alpha value is -4.24. The maximum absolute atomic E-state index is 12.2. The average molecular weight is 1060 g/mol. The van der Waals surface area contributed by atoms with Crippen molar-refractivity contribution in [3.8, 4) is 0 Å². The van der Waals surface area contributed by atoms with Gasteiger partial charge in [-0.25, -0.2) is 0 Å². The lowest BCUT2D eigenvalue weighted by Gasteiger charge is -2.53. The van der Waals surface area contributed by atoms with Crippen molar-refractivity contribution in [2.45, 2.75) is 105 Å². The van der Waals surface area contributed by atoms with Gasteiger partial charge in [-0.2, -0.15) is 0 Å². The Morgan fingerprint density at radius 1 is 0.369 bits per heavy atom. The predicted molar refractivity (Wildman–Crippen MR) is 279 cm³/mol. The molecule has 65 heavy (non-hydrogen) atoms. The van der Waals surface area contributed by atoms with Crippen LogP contribution in [0.4, 0.5) is 0 Å². The van der Waals surface area contributed by atoms with Crippen molar-refractivity contribution in [1.29, 1.82) is 0 Å². The van der Waals surface area contributed by atoms with E-state index in [-0.39, 0.29) is 22.4 Å². The van der Waals surface area contributed by atoms with Crippen LogP contribution in [0.1, 0.15) is 148 Å². The van der Waals surface area contributed by atoms with E-state index in [2.05, 4.69) is 132 Å². The molecular formula is C58H59Br3O4. The first-order valence-electron chi connectivity index (χ1n) is 22.1. The van der Waals surface area contributed by atoms with Crippen LogP contribution in [0.2, 0.25) is 0 Å². The van der Waals surface area contributed by atoms with Gasteiger partial charge in [-0.1, -0.05) is 216 Å². The fraction of sp³-hybridized carbons (Fsp3) is 0.310. The van der Waals surface area contributed by atoms with Gasteiger partial charge in [-0.05, 0) is 119 Å². The molecule has 2 unspecified atom stereocenters. The monoisotopic (exact) mass is 1060 g/mol. The van der Waals surface area contributed by atoms with Crippen LogP contribution < -0.4 is 0 Å². The summed E-state index contributed by atoms with van der Waals surface area (Å²) in [6.07, 6.45) is 0. The van der Waals surface area contributed by atoms with E-state index in [1.807, 2.05) is 84.0 Å².